The Kier molecular flexibility index (Phi) is 10.5. The molecule has 1 aromatic rings. The molecule has 0 radical (unpaired) electrons. The average molecular weight is 516 g/mol. The monoisotopic (exact) mass is 516 g/mol. The molecule has 1 unspecified atom stereocenters. The molecule has 0 amide bonds. The maximum absolute atomic E-state index is 6.00. The Hall–Kier alpha value is -1.06. The van der Waals surface area contributed by atoms with E-state index in [-0.39, 0.29) is 30.1 Å². The van der Waals surface area contributed by atoms with Crippen molar-refractivity contribution in [2.45, 2.75) is 39.3 Å². The second-order valence-corrected chi connectivity index (χ2v) is 8.31. The lowest BCUT2D eigenvalue weighted by Crippen LogP contribution is -2.50. The molecule has 0 aromatic heterocycles. The number of hydrogen-bond acceptors (Lipinski definition) is 4. The van der Waals surface area contributed by atoms with E-state index >= 15 is 0 Å². The number of halogens is 1. The molecule has 1 aromatic carbocycles. The molecular weight excluding hydrogens is 479 g/mol. The van der Waals surface area contributed by atoms with E-state index in [1.165, 1.54) is 12.8 Å². The topological polar surface area (TPSA) is 58.1 Å². The first-order valence-corrected chi connectivity index (χ1v) is 10.6. The van der Waals surface area contributed by atoms with Gasteiger partial charge in [0.2, 0.25) is 0 Å². The van der Waals surface area contributed by atoms with Crippen LogP contribution in [-0.4, -0.2) is 63.4 Å². The van der Waals surface area contributed by atoms with E-state index in [2.05, 4.69) is 52.6 Å². The maximum Gasteiger partial charge on any atom is 0.191 e. The van der Waals surface area contributed by atoms with Crippen LogP contribution in [0.15, 0.2) is 29.3 Å². The summed E-state index contributed by atoms with van der Waals surface area (Å²) in [4.78, 5) is 6.84. The maximum atomic E-state index is 6.00. The Morgan fingerprint density at radius 2 is 2.07 bits per heavy atom. The highest BCUT2D eigenvalue weighted by atomic mass is 127. The summed E-state index contributed by atoms with van der Waals surface area (Å²) in [6.45, 7) is 10.7. The van der Waals surface area contributed by atoms with Crippen LogP contribution in [0.5, 0.6) is 5.75 Å². The molecule has 2 aliphatic rings. The number of morpholine rings is 1. The molecule has 6 nitrogen and oxygen atoms in total. The first-order chi connectivity index (χ1) is 13.6. The van der Waals surface area contributed by atoms with Crippen molar-refractivity contribution >= 4 is 29.9 Å². The highest BCUT2D eigenvalue weighted by Crippen LogP contribution is 2.30. The van der Waals surface area contributed by atoms with Crippen molar-refractivity contribution in [1.82, 2.24) is 15.5 Å². The molecule has 3 rings (SSSR count). The fraction of sp³-hybridized carbons (Fsp3) is 0.682. The molecule has 1 saturated carbocycles. The average Bonchev–Trinajstić information content (AvgIpc) is 3.51. The highest BCUT2D eigenvalue weighted by Gasteiger charge is 2.23. The van der Waals surface area contributed by atoms with Crippen molar-refractivity contribution in [1.29, 1.82) is 0 Å². The number of para-hydroxylation sites is 1. The Bertz CT molecular complexity index is 637. The van der Waals surface area contributed by atoms with Crippen molar-refractivity contribution in [2.75, 3.05) is 46.4 Å². The Morgan fingerprint density at radius 3 is 2.79 bits per heavy atom. The molecule has 2 N–H and O–H groups in total. The van der Waals surface area contributed by atoms with Crippen molar-refractivity contribution in [3.63, 3.8) is 0 Å². The van der Waals surface area contributed by atoms with Crippen molar-refractivity contribution in [2.24, 2.45) is 16.8 Å². The van der Waals surface area contributed by atoms with Gasteiger partial charge < -0.3 is 20.1 Å². The number of benzene rings is 1. The van der Waals surface area contributed by atoms with Gasteiger partial charge >= 0.3 is 0 Å². The zero-order chi connectivity index (χ0) is 19.8. The van der Waals surface area contributed by atoms with Crippen LogP contribution in [0.4, 0.5) is 0 Å². The third kappa shape index (κ3) is 8.68. The van der Waals surface area contributed by atoms with Crippen LogP contribution in [0.3, 0.4) is 0 Å². The molecule has 0 bridgehead atoms. The molecule has 1 heterocycles. The molecule has 7 heteroatoms. The van der Waals surface area contributed by atoms with Gasteiger partial charge in [-0.2, -0.15) is 0 Å². The van der Waals surface area contributed by atoms with Crippen molar-refractivity contribution in [3.8, 4) is 5.75 Å². The molecule has 1 atom stereocenters. The van der Waals surface area contributed by atoms with Gasteiger partial charge in [-0.25, -0.2) is 0 Å². The summed E-state index contributed by atoms with van der Waals surface area (Å²) in [5.74, 6) is 3.20. The zero-order valence-corrected chi connectivity index (χ0v) is 20.4. The van der Waals surface area contributed by atoms with Crippen LogP contribution >= 0.6 is 24.0 Å². The van der Waals surface area contributed by atoms with E-state index in [0.29, 0.717) is 12.5 Å². The molecular formula is C22H37IN4O2. The van der Waals surface area contributed by atoms with Crippen LogP contribution in [0.25, 0.3) is 0 Å². The molecule has 1 aliphatic heterocycles. The minimum absolute atomic E-state index is 0. The number of guanidine groups is 1. The van der Waals surface area contributed by atoms with Gasteiger partial charge in [-0.15, -0.1) is 24.0 Å². The van der Waals surface area contributed by atoms with E-state index in [1.54, 1.807) is 7.05 Å². The van der Waals surface area contributed by atoms with Crippen molar-refractivity contribution in [3.05, 3.63) is 29.8 Å². The summed E-state index contributed by atoms with van der Waals surface area (Å²) in [7, 11) is 1.80. The number of nitrogens with zero attached hydrogens (tertiary/aromatic N) is 2. The number of hydrogen-bond donors (Lipinski definition) is 2. The SMILES string of the molecule is CN=C(NCc1ccccc1OCC1CC1)NCC1CN(CC(C)C)CCO1.I. The molecule has 1 aliphatic carbocycles. The van der Waals surface area contributed by atoms with E-state index < -0.39 is 0 Å². The van der Waals surface area contributed by atoms with Crippen molar-refractivity contribution < 1.29 is 9.47 Å². The number of rotatable bonds is 9. The van der Waals surface area contributed by atoms with Crippen LogP contribution in [0.2, 0.25) is 0 Å². The first kappa shape index (κ1) is 24.2. The summed E-state index contributed by atoms with van der Waals surface area (Å²) in [5, 5.41) is 6.81. The fourth-order valence-electron chi connectivity index (χ4n) is 3.48. The Labute approximate surface area is 192 Å². The number of nitrogens with one attached hydrogen (secondary N) is 2. The fourth-order valence-corrected chi connectivity index (χ4v) is 3.48. The molecule has 1 saturated heterocycles. The van der Waals surface area contributed by atoms with Gasteiger partial charge in [-0.1, -0.05) is 32.0 Å². The van der Waals surface area contributed by atoms with Crippen LogP contribution in [0, 0.1) is 11.8 Å². The zero-order valence-electron chi connectivity index (χ0n) is 18.0. The second-order valence-electron chi connectivity index (χ2n) is 8.31. The van der Waals surface area contributed by atoms with E-state index in [9.17, 15) is 0 Å². The summed E-state index contributed by atoms with van der Waals surface area (Å²) in [6.07, 6.45) is 2.80. The van der Waals surface area contributed by atoms with Crippen LogP contribution in [0.1, 0.15) is 32.3 Å². The summed E-state index contributed by atoms with van der Waals surface area (Å²) >= 11 is 0. The predicted octanol–water partition coefficient (Wildman–Crippen LogP) is 3.12. The van der Waals surface area contributed by atoms with E-state index in [4.69, 9.17) is 9.47 Å². The smallest absolute Gasteiger partial charge is 0.191 e. The standard InChI is InChI=1S/C22H36N4O2.HI/c1-17(2)14-26-10-11-27-20(15-26)13-25-22(23-3)24-12-19-6-4-5-7-21(19)28-16-18-8-9-18;/h4-7,17-18,20H,8-16H2,1-3H3,(H2,23,24,25);1H. The third-order valence-electron chi connectivity index (χ3n) is 5.16. The highest BCUT2D eigenvalue weighted by molar-refractivity contribution is 14.0. The lowest BCUT2D eigenvalue weighted by molar-refractivity contribution is -0.0284. The van der Waals surface area contributed by atoms with Gasteiger partial charge in [-0.3, -0.25) is 9.89 Å². The van der Waals surface area contributed by atoms with E-state index in [0.717, 1.165) is 62.6 Å². The second kappa shape index (κ2) is 12.6. The number of aliphatic imine (C=N–C) groups is 1. The normalized spacial score (nSPS) is 20.3. The van der Waals surface area contributed by atoms with Gasteiger partial charge in [0.1, 0.15) is 5.75 Å². The lowest BCUT2D eigenvalue weighted by Gasteiger charge is -2.34. The van der Waals surface area contributed by atoms with Crippen LogP contribution in [-0.2, 0) is 11.3 Å². The van der Waals surface area contributed by atoms with Gasteiger partial charge in [0.25, 0.3) is 0 Å². The summed E-state index contributed by atoms with van der Waals surface area (Å²) in [6, 6.07) is 8.24. The largest absolute Gasteiger partial charge is 0.493 e. The van der Waals surface area contributed by atoms with Gasteiger partial charge in [0, 0.05) is 45.3 Å². The predicted molar refractivity (Wildman–Crippen MR) is 129 cm³/mol. The van der Waals surface area contributed by atoms with E-state index in [1.807, 2.05) is 6.07 Å². The van der Waals surface area contributed by atoms with Gasteiger partial charge in [-0.05, 0) is 30.7 Å². The molecule has 29 heavy (non-hydrogen) atoms. The third-order valence-corrected chi connectivity index (χ3v) is 5.16. The Morgan fingerprint density at radius 1 is 1.28 bits per heavy atom. The summed E-state index contributed by atoms with van der Waals surface area (Å²) in [5.41, 5.74) is 1.16. The first-order valence-electron chi connectivity index (χ1n) is 10.6. The minimum atomic E-state index is 0. The minimum Gasteiger partial charge on any atom is -0.493 e. The quantitative estimate of drug-likeness (QED) is 0.300. The Balaban J connectivity index is 0.00000300. The number of ether oxygens (including phenoxy) is 2. The van der Waals surface area contributed by atoms with Crippen LogP contribution < -0.4 is 15.4 Å². The summed E-state index contributed by atoms with van der Waals surface area (Å²) < 4.78 is 11.9. The molecule has 2 fully saturated rings. The van der Waals surface area contributed by atoms with Gasteiger partial charge in [0.15, 0.2) is 5.96 Å². The molecule has 164 valence electrons. The lowest BCUT2D eigenvalue weighted by atomic mass is 10.2. The molecule has 0 spiro atoms. The van der Waals surface area contributed by atoms with Gasteiger partial charge in [0.05, 0.1) is 19.3 Å².